The molecule has 1 saturated heterocycles. The molecule has 7 heteroatoms. The van der Waals surface area contributed by atoms with Crippen molar-refractivity contribution in [2.45, 2.75) is 32.2 Å². The number of hydrogen-bond donors (Lipinski definition) is 4. The smallest absolute Gasteiger partial charge is 0.404 e. The Labute approximate surface area is 142 Å². The molecule has 0 aromatic heterocycles. The SMILES string of the molecule is CCNC(=O)N1CCC(Nc2ccc(CCNC(=O)O)cc2)CC1. The Balaban J connectivity index is 1.74. The lowest BCUT2D eigenvalue weighted by Crippen LogP contribution is -2.46. The summed E-state index contributed by atoms with van der Waals surface area (Å²) in [4.78, 5) is 24.1. The maximum atomic E-state index is 11.8. The number of carbonyl (C=O) groups excluding carboxylic acids is 1. The van der Waals surface area contributed by atoms with Gasteiger partial charge in [0.15, 0.2) is 0 Å². The summed E-state index contributed by atoms with van der Waals surface area (Å²) in [7, 11) is 0. The number of rotatable bonds is 6. The standard InChI is InChI=1S/C17H26N4O3/c1-2-18-16(22)21-11-8-15(9-12-21)20-14-5-3-13(4-6-14)7-10-19-17(23)24/h3-6,15,19-20H,2,7-12H2,1H3,(H,18,22)(H,23,24). The summed E-state index contributed by atoms with van der Waals surface area (Å²) in [6, 6.07) is 8.45. The largest absolute Gasteiger partial charge is 0.465 e. The lowest BCUT2D eigenvalue weighted by Gasteiger charge is -2.32. The van der Waals surface area contributed by atoms with Crippen LogP contribution in [-0.2, 0) is 6.42 Å². The molecule has 0 aliphatic carbocycles. The monoisotopic (exact) mass is 334 g/mol. The number of carbonyl (C=O) groups is 2. The van der Waals surface area contributed by atoms with Crippen LogP contribution in [-0.4, -0.2) is 54.4 Å². The molecule has 1 fully saturated rings. The topological polar surface area (TPSA) is 93.7 Å². The molecule has 1 aliphatic heterocycles. The third-order valence-electron chi connectivity index (χ3n) is 4.12. The van der Waals surface area contributed by atoms with E-state index in [1.807, 2.05) is 36.1 Å². The highest BCUT2D eigenvalue weighted by molar-refractivity contribution is 5.74. The molecule has 1 aromatic carbocycles. The third-order valence-corrected chi connectivity index (χ3v) is 4.12. The number of carboxylic acid groups (broad SMARTS) is 1. The quantitative estimate of drug-likeness (QED) is 0.641. The van der Waals surface area contributed by atoms with Crippen LogP contribution in [0.25, 0.3) is 0 Å². The van der Waals surface area contributed by atoms with E-state index in [2.05, 4.69) is 16.0 Å². The molecule has 132 valence electrons. The van der Waals surface area contributed by atoms with Gasteiger partial charge < -0.3 is 26.0 Å². The normalized spacial score (nSPS) is 15.0. The number of amides is 3. The van der Waals surface area contributed by atoms with Crippen molar-refractivity contribution in [3.05, 3.63) is 29.8 Å². The average Bonchev–Trinajstić information content (AvgIpc) is 2.57. The van der Waals surface area contributed by atoms with Crippen molar-refractivity contribution in [2.24, 2.45) is 0 Å². The maximum Gasteiger partial charge on any atom is 0.404 e. The summed E-state index contributed by atoms with van der Waals surface area (Å²) in [5.74, 6) is 0. The van der Waals surface area contributed by atoms with Crippen molar-refractivity contribution >= 4 is 17.8 Å². The number of benzene rings is 1. The van der Waals surface area contributed by atoms with Crippen LogP contribution in [0.1, 0.15) is 25.3 Å². The van der Waals surface area contributed by atoms with Gasteiger partial charge in [-0.2, -0.15) is 0 Å². The van der Waals surface area contributed by atoms with Gasteiger partial charge in [0.1, 0.15) is 0 Å². The fourth-order valence-corrected chi connectivity index (χ4v) is 2.81. The molecule has 2 rings (SSSR count). The zero-order valence-corrected chi connectivity index (χ0v) is 14.0. The van der Waals surface area contributed by atoms with Gasteiger partial charge in [-0.05, 0) is 43.9 Å². The molecule has 3 amide bonds. The van der Waals surface area contributed by atoms with E-state index < -0.39 is 6.09 Å². The van der Waals surface area contributed by atoms with Gasteiger partial charge in [-0.25, -0.2) is 9.59 Å². The van der Waals surface area contributed by atoms with E-state index in [4.69, 9.17) is 5.11 Å². The van der Waals surface area contributed by atoms with E-state index in [9.17, 15) is 9.59 Å². The van der Waals surface area contributed by atoms with Crippen molar-refractivity contribution < 1.29 is 14.7 Å². The number of nitrogens with one attached hydrogen (secondary N) is 3. The minimum atomic E-state index is -0.993. The highest BCUT2D eigenvalue weighted by atomic mass is 16.4. The second-order valence-corrected chi connectivity index (χ2v) is 5.92. The van der Waals surface area contributed by atoms with Crippen LogP contribution in [0.5, 0.6) is 0 Å². The molecular formula is C17H26N4O3. The number of piperidine rings is 1. The Morgan fingerprint density at radius 2 is 1.83 bits per heavy atom. The first-order valence-electron chi connectivity index (χ1n) is 8.43. The summed E-state index contributed by atoms with van der Waals surface area (Å²) < 4.78 is 0. The van der Waals surface area contributed by atoms with Crippen LogP contribution >= 0.6 is 0 Å². The van der Waals surface area contributed by atoms with Gasteiger partial charge in [0, 0.05) is 37.9 Å². The molecule has 0 unspecified atom stereocenters. The van der Waals surface area contributed by atoms with Crippen molar-refractivity contribution in [1.82, 2.24) is 15.5 Å². The molecule has 24 heavy (non-hydrogen) atoms. The number of anilines is 1. The number of nitrogens with zero attached hydrogens (tertiary/aromatic N) is 1. The van der Waals surface area contributed by atoms with E-state index in [0.29, 0.717) is 25.6 Å². The number of urea groups is 1. The van der Waals surface area contributed by atoms with E-state index in [0.717, 1.165) is 37.2 Å². The van der Waals surface area contributed by atoms with Crippen LogP contribution in [0.4, 0.5) is 15.3 Å². The molecule has 1 aromatic rings. The summed E-state index contributed by atoms with van der Waals surface area (Å²) in [5.41, 5.74) is 2.15. The van der Waals surface area contributed by atoms with Gasteiger partial charge in [-0.3, -0.25) is 0 Å². The van der Waals surface area contributed by atoms with Crippen molar-refractivity contribution in [3.8, 4) is 0 Å². The summed E-state index contributed by atoms with van der Waals surface area (Å²) in [6.07, 6.45) is 1.55. The molecule has 0 bridgehead atoms. The molecule has 0 atom stereocenters. The molecule has 4 N–H and O–H groups in total. The molecule has 1 heterocycles. The molecular weight excluding hydrogens is 308 g/mol. The zero-order valence-electron chi connectivity index (χ0n) is 14.0. The molecule has 0 radical (unpaired) electrons. The second-order valence-electron chi connectivity index (χ2n) is 5.92. The van der Waals surface area contributed by atoms with Crippen molar-refractivity contribution in [2.75, 3.05) is 31.5 Å². The fraction of sp³-hybridized carbons (Fsp3) is 0.529. The minimum absolute atomic E-state index is 0.0234. The summed E-state index contributed by atoms with van der Waals surface area (Å²) in [6.45, 7) is 4.53. The van der Waals surface area contributed by atoms with Gasteiger partial charge in [-0.15, -0.1) is 0 Å². The van der Waals surface area contributed by atoms with E-state index in [-0.39, 0.29) is 6.03 Å². The predicted molar refractivity (Wildman–Crippen MR) is 93.5 cm³/mol. The predicted octanol–water partition coefficient (Wildman–Crippen LogP) is 2.10. The van der Waals surface area contributed by atoms with Crippen LogP contribution in [0.15, 0.2) is 24.3 Å². The highest BCUT2D eigenvalue weighted by Gasteiger charge is 2.22. The lowest BCUT2D eigenvalue weighted by atomic mass is 10.0. The third kappa shape index (κ3) is 5.64. The zero-order chi connectivity index (χ0) is 17.4. The average molecular weight is 334 g/mol. The minimum Gasteiger partial charge on any atom is -0.465 e. The maximum absolute atomic E-state index is 11.8. The Bertz CT molecular complexity index is 539. The first-order valence-corrected chi connectivity index (χ1v) is 8.43. The van der Waals surface area contributed by atoms with E-state index in [1.54, 1.807) is 0 Å². The van der Waals surface area contributed by atoms with Crippen LogP contribution in [0.3, 0.4) is 0 Å². The first-order chi connectivity index (χ1) is 11.6. The Kier molecular flexibility index (Phi) is 6.72. The molecule has 0 saturated carbocycles. The fourth-order valence-electron chi connectivity index (χ4n) is 2.81. The van der Waals surface area contributed by atoms with Crippen LogP contribution in [0.2, 0.25) is 0 Å². The molecule has 0 spiro atoms. The highest BCUT2D eigenvalue weighted by Crippen LogP contribution is 2.17. The van der Waals surface area contributed by atoms with Gasteiger partial charge >= 0.3 is 12.1 Å². The van der Waals surface area contributed by atoms with Gasteiger partial charge in [0.05, 0.1) is 0 Å². The van der Waals surface area contributed by atoms with Gasteiger partial charge in [0.2, 0.25) is 0 Å². The number of hydrogen-bond acceptors (Lipinski definition) is 3. The summed E-state index contributed by atoms with van der Waals surface area (Å²) >= 11 is 0. The van der Waals surface area contributed by atoms with Crippen LogP contribution < -0.4 is 16.0 Å². The summed E-state index contributed by atoms with van der Waals surface area (Å²) in [5, 5.41) is 17.3. The van der Waals surface area contributed by atoms with Gasteiger partial charge in [-0.1, -0.05) is 12.1 Å². The molecule has 7 nitrogen and oxygen atoms in total. The van der Waals surface area contributed by atoms with E-state index >= 15 is 0 Å². The van der Waals surface area contributed by atoms with Gasteiger partial charge in [0.25, 0.3) is 0 Å². The lowest BCUT2D eigenvalue weighted by molar-refractivity contribution is 0.184. The van der Waals surface area contributed by atoms with Crippen LogP contribution in [0, 0.1) is 0 Å². The second kappa shape index (κ2) is 9.00. The van der Waals surface area contributed by atoms with E-state index in [1.165, 1.54) is 0 Å². The first kappa shape index (κ1) is 17.9. The Morgan fingerprint density at radius 3 is 2.42 bits per heavy atom. The Morgan fingerprint density at radius 1 is 1.17 bits per heavy atom. The number of likely N-dealkylation sites (tertiary alicyclic amines) is 1. The Hall–Kier alpha value is -2.44. The molecule has 1 aliphatic rings. The van der Waals surface area contributed by atoms with Crippen molar-refractivity contribution in [1.29, 1.82) is 0 Å². The van der Waals surface area contributed by atoms with Crippen molar-refractivity contribution in [3.63, 3.8) is 0 Å².